The third-order valence-electron chi connectivity index (χ3n) is 7.82. The van der Waals surface area contributed by atoms with Crippen molar-refractivity contribution < 1.29 is 51.2 Å². The molecule has 1 aliphatic rings. The van der Waals surface area contributed by atoms with Crippen molar-refractivity contribution in [1.29, 1.82) is 0 Å². The quantitative estimate of drug-likeness (QED) is 0.203. The van der Waals surface area contributed by atoms with Crippen LogP contribution in [0.3, 0.4) is 0 Å². The molecule has 7 rings (SSSR count). The summed E-state index contributed by atoms with van der Waals surface area (Å²) in [5.74, 6) is 0.0990. The van der Waals surface area contributed by atoms with E-state index < -0.39 is 20.4 Å². The van der Waals surface area contributed by atoms with Crippen LogP contribution in [0.4, 0.5) is 0 Å². The van der Waals surface area contributed by atoms with Gasteiger partial charge in [0.15, 0.2) is 11.6 Å². The number of nitrogens with zero attached hydrogens (tertiary/aromatic N) is 2. The zero-order chi connectivity index (χ0) is 33.3. The molecule has 0 unspecified atom stereocenters. The van der Waals surface area contributed by atoms with Crippen molar-refractivity contribution in [2.24, 2.45) is 0 Å². The first-order valence-electron chi connectivity index (χ1n) is 14.3. The summed E-state index contributed by atoms with van der Waals surface area (Å²) >= 11 is 1.64. The monoisotopic (exact) mass is 690 g/mol. The van der Waals surface area contributed by atoms with Crippen molar-refractivity contribution in [2.45, 2.75) is 24.3 Å². The molecule has 0 spiro atoms. The number of ether oxygens (including phenoxy) is 1. The second kappa shape index (κ2) is 13.1. The predicted octanol–water partition coefficient (Wildman–Crippen LogP) is 2.23. The summed E-state index contributed by atoms with van der Waals surface area (Å²) in [5.41, 5.74) is 9.28. The minimum Gasteiger partial charge on any atom is -0.495 e. The average molecular weight is 691 g/mol. The van der Waals surface area contributed by atoms with Crippen LogP contribution >= 0.6 is 11.3 Å². The molecule has 2 aromatic heterocycles. The maximum absolute atomic E-state index is 12.4. The van der Waals surface area contributed by atoms with Crippen molar-refractivity contribution in [3.63, 3.8) is 0 Å². The number of para-hydroxylation sites is 1. The van der Waals surface area contributed by atoms with Gasteiger partial charge < -0.3 is 4.74 Å². The van der Waals surface area contributed by atoms with E-state index in [9.17, 15) is 13.0 Å². The van der Waals surface area contributed by atoms with Gasteiger partial charge in [-0.1, -0.05) is 66.7 Å². The summed E-state index contributed by atoms with van der Waals surface area (Å²) in [7, 11) is -8.07. The Balaban J connectivity index is 0.000000720. The number of pyridine rings is 1. The fourth-order valence-corrected chi connectivity index (χ4v) is 7.57. The molecular weight excluding hydrogens is 664 g/mol. The highest BCUT2D eigenvalue weighted by molar-refractivity contribution is 7.86. The molecule has 10 nitrogen and oxygen atoms in total. The highest BCUT2D eigenvalue weighted by Crippen LogP contribution is 2.41. The Labute approximate surface area is 276 Å². The van der Waals surface area contributed by atoms with Crippen molar-refractivity contribution in [2.75, 3.05) is 7.11 Å². The van der Waals surface area contributed by atoms with Gasteiger partial charge in [0, 0.05) is 22.8 Å². The fraction of sp³-hybridized carbons (Fsp3) is 0.118. The minimum absolute atomic E-state index is 0.0990. The largest absolute Gasteiger partial charge is 0.495 e. The fourth-order valence-electron chi connectivity index (χ4n) is 5.90. The van der Waals surface area contributed by atoms with Crippen LogP contribution in [0.5, 0.6) is 5.75 Å². The molecule has 1 N–H and O–H groups in total. The van der Waals surface area contributed by atoms with E-state index in [-0.39, 0.29) is 10.6 Å². The number of hydrogen-bond donors (Lipinski definition) is 1. The molecule has 0 atom stereocenters. The van der Waals surface area contributed by atoms with E-state index in [4.69, 9.17) is 28.4 Å². The first kappa shape index (κ1) is 32.7. The van der Waals surface area contributed by atoms with Gasteiger partial charge in [-0.3, -0.25) is 4.55 Å². The number of benzene rings is 4. The van der Waals surface area contributed by atoms with Crippen LogP contribution in [0.1, 0.15) is 16.7 Å². The van der Waals surface area contributed by atoms with Gasteiger partial charge >= 0.3 is 0 Å². The van der Waals surface area contributed by atoms with E-state index in [0.717, 1.165) is 56.1 Å². The molecule has 0 amide bonds. The Hall–Kier alpha value is -4.24. The van der Waals surface area contributed by atoms with E-state index >= 15 is 0 Å². The zero-order valence-corrected chi connectivity index (χ0v) is 27.2. The lowest BCUT2D eigenvalue weighted by molar-refractivity contribution is -2.00. The lowest BCUT2D eigenvalue weighted by Gasteiger charge is -2.23. The average Bonchev–Trinajstić information content (AvgIpc) is 3.48. The first-order chi connectivity index (χ1) is 22.4. The second-order valence-corrected chi connectivity index (χ2v) is 13.9. The Morgan fingerprint density at radius 2 is 1.55 bits per heavy atom. The van der Waals surface area contributed by atoms with Crippen LogP contribution in [-0.2, 0) is 29.5 Å². The van der Waals surface area contributed by atoms with Gasteiger partial charge in [-0.2, -0.15) is 13.0 Å². The first-order valence-corrected chi connectivity index (χ1v) is 17.8. The topological polar surface area (TPSA) is 173 Å². The van der Waals surface area contributed by atoms with Gasteiger partial charge in [0.05, 0.1) is 17.3 Å². The number of aromatic nitrogens is 2. The van der Waals surface area contributed by atoms with Crippen LogP contribution in [-0.4, -0.2) is 25.1 Å². The molecule has 2 heterocycles. The maximum Gasteiger partial charge on any atom is 0.298 e. The van der Waals surface area contributed by atoms with E-state index in [1.165, 1.54) is 24.3 Å². The molecular formula is C34H27ClN2O8S2. The Morgan fingerprint density at radius 1 is 0.872 bits per heavy atom. The molecule has 1 aliphatic carbocycles. The van der Waals surface area contributed by atoms with Crippen LogP contribution < -0.4 is 27.9 Å². The van der Waals surface area contributed by atoms with Gasteiger partial charge in [0.1, 0.15) is 10.6 Å². The normalized spacial score (nSPS) is 12.6. The zero-order valence-electron chi connectivity index (χ0n) is 24.8. The van der Waals surface area contributed by atoms with Gasteiger partial charge in [0.2, 0.25) is 11.4 Å². The smallest absolute Gasteiger partial charge is 0.298 e. The molecule has 47 heavy (non-hydrogen) atoms. The van der Waals surface area contributed by atoms with Crippen LogP contribution in [0, 0.1) is 10.2 Å². The third-order valence-corrected chi connectivity index (χ3v) is 9.75. The number of fused-ring (bicyclic) bond motifs is 4. The van der Waals surface area contributed by atoms with Gasteiger partial charge in [-0.25, -0.2) is 23.6 Å². The number of halogens is 1. The predicted molar refractivity (Wildman–Crippen MR) is 165 cm³/mol. The van der Waals surface area contributed by atoms with Crippen LogP contribution in [0.25, 0.3) is 43.3 Å². The van der Waals surface area contributed by atoms with Crippen molar-refractivity contribution in [3.8, 4) is 38.8 Å². The molecule has 0 saturated carbocycles. The number of rotatable bonds is 6. The van der Waals surface area contributed by atoms with Crippen LogP contribution in [0.2, 0.25) is 0 Å². The summed E-state index contributed by atoms with van der Waals surface area (Å²) in [5, 5.41) is 0.878. The number of thiazole rings is 1. The summed E-state index contributed by atoms with van der Waals surface area (Å²) < 4.78 is 77.5. The van der Waals surface area contributed by atoms with Crippen molar-refractivity contribution in [1.82, 2.24) is 4.98 Å². The second-order valence-electron chi connectivity index (χ2n) is 10.7. The highest BCUT2D eigenvalue weighted by atomic mass is 35.7. The lowest BCUT2D eigenvalue weighted by Crippen LogP contribution is -2.68. The highest BCUT2D eigenvalue weighted by Gasteiger charge is 2.33. The molecule has 4 aromatic carbocycles. The minimum atomic E-state index is -4.94. The van der Waals surface area contributed by atoms with Gasteiger partial charge in [-0.15, -0.1) is 21.6 Å². The van der Waals surface area contributed by atoms with Crippen LogP contribution in [0.15, 0.2) is 108 Å². The molecule has 0 fully saturated rings. The molecule has 0 saturated heterocycles. The molecule has 13 heteroatoms. The SMILES string of the molecule is COc1ccc(-c2cc(-c3nc4ccccc4s3)[n+](Cc3ccccc3)c3c2CCc2ccccc2-3)cc1S(=O)(=O)O.[O-][Cl+3]([O-])([O-])[O-]. The molecule has 0 radical (unpaired) electrons. The van der Waals surface area contributed by atoms with Crippen molar-refractivity contribution in [3.05, 3.63) is 120 Å². The summed E-state index contributed by atoms with van der Waals surface area (Å²) in [4.78, 5) is 4.80. The summed E-state index contributed by atoms with van der Waals surface area (Å²) in [6.45, 7) is 0.641. The van der Waals surface area contributed by atoms with Crippen molar-refractivity contribution >= 4 is 31.7 Å². The van der Waals surface area contributed by atoms with Gasteiger partial charge in [0.25, 0.3) is 10.1 Å². The summed E-state index contributed by atoms with van der Waals surface area (Å²) in [6.07, 6.45) is 1.65. The molecule has 240 valence electrons. The van der Waals surface area contributed by atoms with E-state index in [2.05, 4.69) is 65.2 Å². The summed E-state index contributed by atoms with van der Waals surface area (Å²) in [6, 6.07) is 34.1. The Kier molecular flexibility index (Phi) is 9.12. The Bertz CT molecular complexity index is 2160. The molecule has 6 aromatic rings. The third kappa shape index (κ3) is 7.20. The van der Waals surface area contributed by atoms with E-state index in [0.29, 0.717) is 12.1 Å². The molecule has 0 aliphatic heterocycles. The number of aryl methyl sites for hydroxylation is 1. The van der Waals surface area contributed by atoms with E-state index in [1.807, 2.05) is 30.3 Å². The lowest BCUT2D eigenvalue weighted by atomic mass is 9.84. The maximum atomic E-state index is 12.4. The van der Waals surface area contributed by atoms with E-state index in [1.54, 1.807) is 17.4 Å². The van der Waals surface area contributed by atoms with Gasteiger partial charge in [-0.05, 0) is 59.9 Å². The number of methoxy groups -OCH3 is 1. The molecule has 0 bridgehead atoms. The Morgan fingerprint density at radius 3 is 2.26 bits per heavy atom. The standard InChI is InChI=1S/C34H26N2O4S2.ClHO4/c1-40-30-18-16-24(19-32(30)42(37,38)39)27-20-29(34-35-28-13-7-8-14-31(28)41-34)36(21-22-9-3-2-4-10-22)33-25-12-6-5-11-23(25)15-17-26(27)33;2-1(3,4)5/h2-14,16,18-20H,15,17,21H2,1H3;(H,2,3,4,5). The number of hydrogen-bond acceptors (Lipinski definition) is 9.